The van der Waals surface area contributed by atoms with Gasteiger partial charge in [-0.2, -0.15) is 43.2 Å². The summed E-state index contributed by atoms with van der Waals surface area (Å²) in [5, 5.41) is 20.2. The van der Waals surface area contributed by atoms with E-state index in [4.69, 9.17) is 0 Å². The predicted octanol–water partition coefficient (Wildman–Crippen LogP) is 6.60. The van der Waals surface area contributed by atoms with E-state index in [1.54, 1.807) is 19.1 Å². The van der Waals surface area contributed by atoms with Gasteiger partial charge < -0.3 is 10.6 Å². The number of halogens is 6. The van der Waals surface area contributed by atoms with Gasteiger partial charge in [0.2, 0.25) is 0 Å². The topological polar surface area (TPSA) is 132 Å². The van der Waals surface area contributed by atoms with Crippen LogP contribution in [0.2, 0.25) is 0 Å². The Balaban J connectivity index is 1.74. The lowest BCUT2D eigenvalue weighted by atomic mass is 10.00. The van der Waals surface area contributed by atoms with Gasteiger partial charge in [0.05, 0.1) is 17.0 Å². The predicted molar refractivity (Wildman–Crippen MR) is 161 cm³/mol. The van der Waals surface area contributed by atoms with Crippen LogP contribution in [0.25, 0.3) is 0 Å². The molecule has 0 aliphatic heterocycles. The van der Waals surface area contributed by atoms with Crippen LogP contribution in [0.3, 0.4) is 0 Å². The smallest absolute Gasteiger partial charge is 0.349 e. The number of thioether (sulfide) groups is 1. The van der Waals surface area contributed by atoms with E-state index >= 15 is 0 Å². The third-order valence-electron chi connectivity index (χ3n) is 6.76. The summed E-state index contributed by atoms with van der Waals surface area (Å²) >= 11 is 1.43. The lowest BCUT2D eigenvalue weighted by Gasteiger charge is -2.17. The highest BCUT2D eigenvalue weighted by molar-refractivity contribution is 7.98. The third-order valence-corrected chi connectivity index (χ3v) is 7.59. The number of carbonyl (C=O) groups is 2. The number of nitrogens with one attached hydrogen (secondary N) is 2. The Morgan fingerprint density at radius 1 is 0.979 bits per heavy atom. The van der Waals surface area contributed by atoms with Crippen molar-refractivity contribution in [2.24, 2.45) is 0 Å². The van der Waals surface area contributed by atoms with Crippen LogP contribution in [-0.2, 0) is 25.3 Å². The van der Waals surface area contributed by atoms with Crippen molar-refractivity contribution in [1.29, 1.82) is 0 Å². The van der Waals surface area contributed by atoms with Crippen LogP contribution in [-0.4, -0.2) is 49.6 Å². The van der Waals surface area contributed by atoms with Crippen molar-refractivity contribution in [3.05, 3.63) is 116 Å². The maximum Gasteiger partial charge on any atom is 0.435 e. The molecule has 10 nitrogen and oxygen atoms in total. The summed E-state index contributed by atoms with van der Waals surface area (Å²) in [7, 11) is 0. The Bertz CT molecular complexity index is 1780. The molecule has 0 saturated carbocycles. The number of alkyl halides is 6. The molecule has 0 aliphatic carbocycles. The SMILES string of the molecule is CSC[C@@H](C)NC(=O)c1c(C(=O)Nc2ccc(Cn3nc(C(F)(F)F)cc3C(F)(F)F)cc2Cc2ccncc2)cccc1[N+](=O)[O-]. The number of hydrogen-bond acceptors (Lipinski definition) is 7. The van der Waals surface area contributed by atoms with E-state index in [0.29, 0.717) is 16.9 Å². The largest absolute Gasteiger partial charge is 0.435 e. The number of anilines is 1. The molecular formula is C30H26F6N6O4S. The zero-order valence-corrected chi connectivity index (χ0v) is 25.5. The molecule has 2 aromatic carbocycles. The van der Waals surface area contributed by atoms with E-state index < -0.39 is 58.3 Å². The highest BCUT2D eigenvalue weighted by atomic mass is 32.2. The summed E-state index contributed by atoms with van der Waals surface area (Å²) in [6.45, 7) is 1.01. The molecule has 2 aromatic heterocycles. The van der Waals surface area contributed by atoms with E-state index in [0.717, 1.165) is 6.07 Å². The van der Waals surface area contributed by atoms with Gasteiger partial charge in [-0.1, -0.05) is 18.2 Å². The van der Waals surface area contributed by atoms with Gasteiger partial charge in [-0.25, -0.2) is 0 Å². The molecule has 0 spiro atoms. The molecule has 248 valence electrons. The van der Waals surface area contributed by atoms with Crippen LogP contribution in [0.1, 0.15) is 55.7 Å². The molecule has 0 radical (unpaired) electrons. The monoisotopic (exact) mass is 680 g/mol. The van der Waals surface area contributed by atoms with Crippen molar-refractivity contribution in [2.45, 2.75) is 38.3 Å². The second-order valence-corrected chi connectivity index (χ2v) is 11.2. The number of aromatic nitrogens is 3. The highest BCUT2D eigenvalue weighted by Crippen LogP contribution is 2.36. The lowest BCUT2D eigenvalue weighted by molar-refractivity contribution is -0.385. The highest BCUT2D eigenvalue weighted by Gasteiger charge is 2.42. The van der Waals surface area contributed by atoms with Gasteiger partial charge in [0.25, 0.3) is 17.5 Å². The molecule has 0 fully saturated rings. The standard InChI is InChI=1S/C30H26F6N6O4S/c1-17(16-47-2)38-28(44)26-21(4-3-5-23(26)42(45)46)27(43)39-22-7-6-19(13-20(22)12-18-8-10-37-11-9-18)15-41-25(30(34,35)36)14-24(40-41)29(31,32)33/h3-11,13-14,17H,12,15-16H2,1-2H3,(H,38,44)(H,39,43)/t17-/m1/s1. The van der Waals surface area contributed by atoms with Gasteiger partial charge in [0.1, 0.15) is 11.3 Å². The average Bonchev–Trinajstić information content (AvgIpc) is 3.44. The zero-order chi connectivity index (χ0) is 34.5. The van der Waals surface area contributed by atoms with Gasteiger partial charge in [0, 0.05) is 42.0 Å². The first-order valence-corrected chi connectivity index (χ1v) is 15.1. The first-order chi connectivity index (χ1) is 22.1. The molecule has 2 amide bonds. The molecule has 1 atom stereocenters. The molecule has 47 heavy (non-hydrogen) atoms. The van der Waals surface area contributed by atoms with Crippen LogP contribution in [0, 0.1) is 10.1 Å². The summed E-state index contributed by atoms with van der Waals surface area (Å²) in [4.78, 5) is 41.7. The minimum atomic E-state index is -5.13. The number of nitro benzene ring substituents is 1. The molecule has 17 heteroatoms. The van der Waals surface area contributed by atoms with E-state index in [-0.39, 0.29) is 40.0 Å². The van der Waals surface area contributed by atoms with E-state index in [1.165, 1.54) is 54.5 Å². The van der Waals surface area contributed by atoms with Crippen LogP contribution >= 0.6 is 11.8 Å². The summed E-state index contributed by atoms with van der Waals surface area (Å²) in [6.07, 6.45) is -5.35. The normalized spacial score (nSPS) is 12.4. The number of nitro groups is 1. The van der Waals surface area contributed by atoms with Crippen molar-refractivity contribution >= 4 is 35.0 Å². The van der Waals surface area contributed by atoms with Crippen molar-refractivity contribution < 1.29 is 40.9 Å². The minimum Gasteiger partial charge on any atom is -0.349 e. The van der Waals surface area contributed by atoms with Crippen LogP contribution in [0.5, 0.6) is 0 Å². The number of amides is 2. The number of hydrogen-bond donors (Lipinski definition) is 2. The number of pyridine rings is 1. The quantitative estimate of drug-likeness (QED) is 0.104. The van der Waals surface area contributed by atoms with Crippen molar-refractivity contribution in [3.63, 3.8) is 0 Å². The minimum absolute atomic E-state index is 0.0684. The Kier molecular flexibility index (Phi) is 10.6. The maximum atomic E-state index is 13.6. The molecular weight excluding hydrogens is 654 g/mol. The maximum absolute atomic E-state index is 13.6. The van der Waals surface area contributed by atoms with Gasteiger partial charge in [-0.3, -0.25) is 29.4 Å². The zero-order valence-electron chi connectivity index (χ0n) is 24.6. The molecule has 0 saturated heterocycles. The summed E-state index contributed by atoms with van der Waals surface area (Å²) in [5.41, 5.74) is -3.40. The van der Waals surface area contributed by atoms with Crippen LogP contribution in [0.15, 0.2) is 67.0 Å². The Morgan fingerprint density at radius 2 is 1.68 bits per heavy atom. The lowest BCUT2D eigenvalue weighted by Crippen LogP contribution is -2.36. The molecule has 2 N–H and O–H groups in total. The number of rotatable bonds is 11. The fourth-order valence-electron chi connectivity index (χ4n) is 4.71. The van der Waals surface area contributed by atoms with Crippen LogP contribution in [0.4, 0.5) is 37.7 Å². The van der Waals surface area contributed by atoms with Crippen LogP contribution < -0.4 is 10.6 Å². The molecule has 4 rings (SSSR count). The first kappa shape index (κ1) is 34.9. The van der Waals surface area contributed by atoms with Crippen molar-refractivity contribution in [1.82, 2.24) is 20.1 Å². The van der Waals surface area contributed by atoms with Crippen molar-refractivity contribution in [2.75, 3.05) is 17.3 Å². The number of carbonyl (C=O) groups excluding carboxylic acids is 2. The number of nitrogens with zero attached hydrogens (tertiary/aromatic N) is 4. The number of benzene rings is 2. The summed E-state index contributed by atoms with van der Waals surface area (Å²) in [5.74, 6) is -1.23. The van der Waals surface area contributed by atoms with Gasteiger partial charge in [-0.15, -0.1) is 0 Å². The molecule has 2 heterocycles. The fraction of sp³-hybridized carbons (Fsp3) is 0.267. The van der Waals surface area contributed by atoms with Crippen molar-refractivity contribution in [3.8, 4) is 0 Å². The Hall–Kier alpha value is -4.93. The molecule has 0 bridgehead atoms. The van der Waals surface area contributed by atoms with E-state index in [1.807, 2.05) is 6.26 Å². The summed E-state index contributed by atoms with van der Waals surface area (Å²) < 4.78 is 80.7. The molecule has 0 aliphatic rings. The second kappa shape index (κ2) is 14.2. The first-order valence-electron chi connectivity index (χ1n) is 13.7. The Labute approximate surface area is 267 Å². The van der Waals surface area contributed by atoms with Gasteiger partial charge in [-0.05, 0) is 60.6 Å². The van der Waals surface area contributed by atoms with E-state index in [2.05, 4.69) is 20.7 Å². The van der Waals surface area contributed by atoms with E-state index in [9.17, 15) is 46.0 Å². The molecule has 0 unspecified atom stereocenters. The summed E-state index contributed by atoms with van der Waals surface area (Å²) in [6, 6.07) is 10.4. The Morgan fingerprint density at radius 3 is 2.30 bits per heavy atom. The fourth-order valence-corrected chi connectivity index (χ4v) is 5.29. The molecule has 4 aromatic rings. The third kappa shape index (κ3) is 8.66. The van der Waals surface area contributed by atoms with Gasteiger partial charge in [0.15, 0.2) is 5.69 Å². The average molecular weight is 681 g/mol. The second-order valence-electron chi connectivity index (χ2n) is 10.3. The van der Waals surface area contributed by atoms with Gasteiger partial charge >= 0.3 is 12.4 Å².